The fourth-order valence-electron chi connectivity index (χ4n) is 3.15. The molecular weight excluding hydrogens is 344 g/mol. The lowest BCUT2D eigenvalue weighted by atomic mass is 9.87. The summed E-state index contributed by atoms with van der Waals surface area (Å²) in [6.45, 7) is 2.22. The molecule has 1 N–H and O–H groups in total. The average Bonchev–Trinajstić information content (AvgIpc) is 3.27. The molecule has 25 heavy (non-hydrogen) atoms. The van der Waals surface area contributed by atoms with E-state index in [2.05, 4.69) is 15.4 Å². The summed E-state index contributed by atoms with van der Waals surface area (Å²) in [5, 5.41) is 7.02. The molecule has 136 valence electrons. The third-order valence-corrected chi connectivity index (χ3v) is 6.57. The van der Waals surface area contributed by atoms with E-state index in [1.165, 1.54) is 4.31 Å². The number of hydrogen-bond donors (Lipinski definition) is 1. The van der Waals surface area contributed by atoms with Crippen molar-refractivity contribution in [3.8, 4) is 0 Å². The number of sulfonamides is 1. The first kappa shape index (κ1) is 17.6. The van der Waals surface area contributed by atoms with Crippen LogP contribution >= 0.6 is 0 Å². The van der Waals surface area contributed by atoms with Gasteiger partial charge in [-0.3, -0.25) is 9.48 Å². The number of hydrogen-bond acceptors (Lipinski definition) is 5. The van der Waals surface area contributed by atoms with Crippen LogP contribution in [0.1, 0.15) is 19.8 Å². The highest BCUT2D eigenvalue weighted by atomic mass is 32.2. The fourth-order valence-corrected chi connectivity index (χ4v) is 4.25. The van der Waals surface area contributed by atoms with E-state index in [1.54, 1.807) is 54.2 Å². The molecule has 1 aliphatic heterocycles. The summed E-state index contributed by atoms with van der Waals surface area (Å²) in [4.78, 5) is 17.1. The van der Waals surface area contributed by atoms with Crippen LogP contribution in [0, 0.1) is 0 Å². The van der Waals surface area contributed by atoms with Crippen LogP contribution in [0.3, 0.4) is 0 Å². The Balaban J connectivity index is 1.85. The third kappa shape index (κ3) is 3.31. The number of aromatic nitrogens is 4. The Morgan fingerprint density at radius 1 is 1.32 bits per heavy atom. The zero-order valence-electron chi connectivity index (χ0n) is 14.3. The topological polar surface area (TPSA) is 102 Å². The molecule has 0 spiro atoms. The highest BCUT2D eigenvalue weighted by molar-refractivity contribution is 7.89. The van der Waals surface area contributed by atoms with Crippen molar-refractivity contribution < 1.29 is 13.2 Å². The molecule has 0 bridgehead atoms. The Bertz CT molecular complexity index is 835. The SMILES string of the molecule is CCS(=O)(=O)N1CCC(C(=O)Nc2ccn(C)n2)(n2ccnc2)CC1. The van der Waals surface area contributed by atoms with Crippen molar-refractivity contribution in [2.75, 3.05) is 24.2 Å². The number of imidazole rings is 1. The van der Waals surface area contributed by atoms with Crippen LogP contribution in [0.25, 0.3) is 0 Å². The molecule has 1 saturated heterocycles. The van der Waals surface area contributed by atoms with Crippen molar-refractivity contribution in [1.29, 1.82) is 0 Å². The van der Waals surface area contributed by atoms with Crippen LogP contribution in [0.2, 0.25) is 0 Å². The molecule has 0 saturated carbocycles. The first-order chi connectivity index (χ1) is 11.9. The summed E-state index contributed by atoms with van der Waals surface area (Å²) in [7, 11) is -1.49. The van der Waals surface area contributed by atoms with Gasteiger partial charge in [0, 0.05) is 44.8 Å². The van der Waals surface area contributed by atoms with Crippen LogP contribution in [0.5, 0.6) is 0 Å². The molecule has 0 aliphatic carbocycles. The zero-order valence-corrected chi connectivity index (χ0v) is 15.1. The number of anilines is 1. The van der Waals surface area contributed by atoms with Gasteiger partial charge in [0.25, 0.3) is 5.91 Å². The van der Waals surface area contributed by atoms with E-state index in [1.807, 2.05) is 0 Å². The Hall–Kier alpha value is -2.20. The molecule has 0 atom stereocenters. The highest BCUT2D eigenvalue weighted by Crippen LogP contribution is 2.32. The smallest absolute Gasteiger partial charge is 0.251 e. The van der Waals surface area contributed by atoms with Gasteiger partial charge < -0.3 is 9.88 Å². The normalized spacial score (nSPS) is 18.2. The van der Waals surface area contributed by atoms with E-state index in [0.717, 1.165) is 0 Å². The van der Waals surface area contributed by atoms with Crippen LogP contribution < -0.4 is 5.32 Å². The van der Waals surface area contributed by atoms with Crippen LogP contribution in [0.4, 0.5) is 5.82 Å². The third-order valence-electron chi connectivity index (χ3n) is 4.68. The number of nitrogens with one attached hydrogen (secondary N) is 1. The maximum Gasteiger partial charge on any atom is 0.251 e. The molecule has 1 aliphatic rings. The van der Waals surface area contributed by atoms with Crippen LogP contribution in [-0.2, 0) is 27.4 Å². The largest absolute Gasteiger partial charge is 0.322 e. The second kappa shape index (κ2) is 6.60. The van der Waals surface area contributed by atoms with Gasteiger partial charge in [0.15, 0.2) is 5.82 Å². The highest BCUT2D eigenvalue weighted by Gasteiger charge is 2.45. The lowest BCUT2D eigenvalue weighted by Gasteiger charge is -2.40. The van der Waals surface area contributed by atoms with Gasteiger partial charge in [0.2, 0.25) is 10.0 Å². The maximum absolute atomic E-state index is 13.0. The zero-order chi connectivity index (χ0) is 18.1. The van der Waals surface area contributed by atoms with Gasteiger partial charge in [-0.15, -0.1) is 0 Å². The quantitative estimate of drug-likeness (QED) is 0.825. The van der Waals surface area contributed by atoms with Crippen molar-refractivity contribution in [1.82, 2.24) is 23.6 Å². The summed E-state index contributed by atoms with van der Waals surface area (Å²) >= 11 is 0. The van der Waals surface area contributed by atoms with Gasteiger partial charge in [-0.25, -0.2) is 17.7 Å². The van der Waals surface area contributed by atoms with Gasteiger partial charge >= 0.3 is 0 Å². The van der Waals surface area contributed by atoms with Gasteiger partial charge in [0.05, 0.1) is 12.1 Å². The summed E-state index contributed by atoms with van der Waals surface area (Å²) < 4.78 is 29.0. The molecule has 10 heteroatoms. The lowest BCUT2D eigenvalue weighted by Crippen LogP contribution is -2.54. The Kier molecular flexibility index (Phi) is 4.65. The van der Waals surface area contributed by atoms with Gasteiger partial charge in [0.1, 0.15) is 5.54 Å². The van der Waals surface area contributed by atoms with E-state index >= 15 is 0 Å². The summed E-state index contributed by atoms with van der Waals surface area (Å²) in [6, 6.07) is 1.72. The van der Waals surface area contributed by atoms with Gasteiger partial charge in [-0.2, -0.15) is 5.10 Å². The van der Waals surface area contributed by atoms with Crippen LogP contribution in [-0.4, -0.2) is 56.8 Å². The van der Waals surface area contributed by atoms with E-state index < -0.39 is 15.6 Å². The molecular formula is C15H22N6O3S. The fraction of sp³-hybridized carbons (Fsp3) is 0.533. The predicted octanol–water partition coefficient (Wildman–Crippen LogP) is 0.396. The van der Waals surface area contributed by atoms with Crippen LogP contribution in [0.15, 0.2) is 31.0 Å². The second-order valence-corrected chi connectivity index (χ2v) is 8.39. The Morgan fingerprint density at radius 3 is 2.56 bits per heavy atom. The van der Waals surface area contributed by atoms with Gasteiger partial charge in [-0.05, 0) is 19.8 Å². The molecule has 1 amide bonds. The molecule has 3 rings (SSSR count). The predicted molar refractivity (Wildman–Crippen MR) is 92.3 cm³/mol. The monoisotopic (exact) mass is 366 g/mol. The van der Waals surface area contributed by atoms with Crippen molar-refractivity contribution >= 4 is 21.7 Å². The minimum atomic E-state index is -3.26. The lowest BCUT2D eigenvalue weighted by molar-refractivity contribution is -0.126. The molecule has 3 heterocycles. The number of carbonyl (C=O) groups excluding carboxylic acids is 1. The van der Waals surface area contributed by atoms with Crippen molar-refractivity contribution in [2.45, 2.75) is 25.3 Å². The van der Waals surface area contributed by atoms with E-state index in [-0.39, 0.29) is 11.7 Å². The molecule has 2 aromatic rings. The van der Waals surface area contributed by atoms with Crippen molar-refractivity contribution in [2.24, 2.45) is 7.05 Å². The summed E-state index contributed by atoms with van der Waals surface area (Å²) in [5.41, 5.74) is -0.881. The molecule has 9 nitrogen and oxygen atoms in total. The average molecular weight is 366 g/mol. The number of rotatable bonds is 5. The molecule has 0 unspecified atom stereocenters. The maximum atomic E-state index is 13.0. The Labute approximate surface area is 146 Å². The van der Waals surface area contributed by atoms with Crippen molar-refractivity contribution in [3.05, 3.63) is 31.0 Å². The minimum Gasteiger partial charge on any atom is -0.322 e. The summed E-state index contributed by atoms with van der Waals surface area (Å²) in [6.07, 6.45) is 7.45. The van der Waals surface area contributed by atoms with E-state index in [9.17, 15) is 13.2 Å². The molecule has 1 fully saturated rings. The van der Waals surface area contributed by atoms with Gasteiger partial charge in [-0.1, -0.05) is 0 Å². The number of amides is 1. The second-order valence-electron chi connectivity index (χ2n) is 6.13. The summed E-state index contributed by atoms with van der Waals surface area (Å²) in [5.74, 6) is 0.318. The number of nitrogens with zero attached hydrogens (tertiary/aromatic N) is 5. The number of aryl methyl sites for hydroxylation is 1. The van der Waals surface area contributed by atoms with Crippen molar-refractivity contribution in [3.63, 3.8) is 0 Å². The minimum absolute atomic E-state index is 0.0607. The molecule has 0 aromatic carbocycles. The standard InChI is InChI=1S/C15H22N6O3S/c1-3-25(23,24)21-9-5-15(6-10-21,20-11-7-16-12-20)14(22)17-13-4-8-19(2)18-13/h4,7-8,11-12H,3,5-6,9-10H2,1-2H3,(H,17,18,22). The van der Waals surface area contributed by atoms with E-state index in [4.69, 9.17) is 0 Å². The first-order valence-corrected chi connectivity index (χ1v) is 9.76. The van der Waals surface area contributed by atoms with E-state index in [0.29, 0.717) is 31.7 Å². The number of carbonyl (C=O) groups is 1. The molecule has 0 radical (unpaired) electrons. The Morgan fingerprint density at radius 2 is 2.04 bits per heavy atom. The molecule has 2 aromatic heterocycles. The first-order valence-electron chi connectivity index (χ1n) is 8.15. The number of piperidine rings is 1.